The van der Waals surface area contributed by atoms with Gasteiger partial charge in [-0.1, -0.05) is 0 Å². The van der Waals surface area contributed by atoms with E-state index in [1.807, 2.05) is 18.4 Å². The molecule has 1 heterocycles. The zero-order chi connectivity index (χ0) is 14.7. The third kappa shape index (κ3) is 2.94. The second kappa shape index (κ2) is 5.70. The van der Waals surface area contributed by atoms with Crippen molar-refractivity contribution in [3.05, 3.63) is 55.8 Å². The van der Waals surface area contributed by atoms with E-state index in [1.54, 1.807) is 11.3 Å². The van der Waals surface area contributed by atoms with Crippen LogP contribution in [0.15, 0.2) is 29.6 Å². The van der Waals surface area contributed by atoms with Crippen LogP contribution < -0.4 is 11.1 Å². The molecule has 0 spiro atoms. The number of nitrogens with one attached hydrogen (secondary N) is 1. The number of amides is 1. The Kier molecular flexibility index (Phi) is 3.99. The molecule has 2 rings (SSSR count). The normalized spacial score (nSPS) is 10.2. The van der Waals surface area contributed by atoms with Gasteiger partial charge in [0.1, 0.15) is 5.69 Å². The molecule has 6 nitrogen and oxygen atoms in total. The summed E-state index contributed by atoms with van der Waals surface area (Å²) in [6, 6.07) is 6.02. The van der Waals surface area contributed by atoms with Crippen molar-refractivity contribution in [2.24, 2.45) is 5.73 Å². The molecule has 0 aliphatic carbocycles. The fourth-order valence-electron chi connectivity index (χ4n) is 1.75. The molecule has 2 aromatic rings. The summed E-state index contributed by atoms with van der Waals surface area (Å²) in [6.45, 7) is 2.44. The number of nitrogens with two attached hydrogens (primary N) is 1. The van der Waals surface area contributed by atoms with Gasteiger partial charge < -0.3 is 11.1 Å². The molecule has 7 heteroatoms. The third-order valence-corrected chi connectivity index (χ3v) is 3.91. The maximum absolute atomic E-state index is 11.1. The first-order chi connectivity index (χ1) is 9.49. The van der Waals surface area contributed by atoms with Gasteiger partial charge in [0, 0.05) is 23.1 Å². The van der Waals surface area contributed by atoms with Gasteiger partial charge >= 0.3 is 0 Å². The minimum absolute atomic E-state index is 0.0794. The van der Waals surface area contributed by atoms with Crippen LogP contribution in [0.3, 0.4) is 0 Å². The lowest BCUT2D eigenvalue weighted by atomic mass is 10.1. The summed E-state index contributed by atoms with van der Waals surface area (Å²) in [5.41, 5.74) is 6.76. The number of thiophene rings is 1. The lowest BCUT2D eigenvalue weighted by molar-refractivity contribution is -0.384. The van der Waals surface area contributed by atoms with Crippen LogP contribution in [0.1, 0.15) is 20.8 Å². The van der Waals surface area contributed by atoms with Crippen molar-refractivity contribution >= 4 is 28.6 Å². The van der Waals surface area contributed by atoms with Crippen LogP contribution in [-0.2, 0) is 6.54 Å². The van der Waals surface area contributed by atoms with Crippen LogP contribution >= 0.6 is 11.3 Å². The number of nitro groups is 1. The van der Waals surface area contributed by atoms with E-state index in [1.165, 1.54) is 18.2 Å². The predicted molar refractivity (Wildman–Crippen MR) is 78.0 cm³/mol. The number of primary amides is 1. The van der Waals surface area contributed by atoms with Crippen LogP contribution in [0, 0.1) is 17.0 Å². The second-order valence-corrected chi connectivity index (χ2v) is 5.23. The Labute approximate surface area is 119 Å². The number of aryl methyl sites for hydroxylation is 1. The summed E-state index contributed by atoms with van der Waals surface area (Å²) < 4.78 is 0. The van der Waals surface area contributed by atoms with Crippen LogP contribution in [0.25, 0.3) is 0 Å². The Bertz CT molecular complexity index is 667. The van der Waals surface area contributed by atoms with Gasteiger partial charge in [-0.3, -0.25) is 14.9 Å². The van der Waals surface area contributed by atoms with E-state index in [0.29, 0.717) is 12.2 Å². The molecule has 0 aliphatic heterocycles. The first-order valence-corrected chi connectivity index (χ1v) is 6.72. The van der Waals surface area contributed by atoms with Crippen LogP contribution in [0.2, 0.25) is 0 Å². The van der Waals surface area contributed by atoms with Crippen LogP contribution in [0.5, 0.6) is 0 Å². The lowest BCUT2D eigenvalue weighted by Crippen LogP contribution is -2.12. The standard InChI is InChI=1S/C13H13N3O3S/c1-8-4-5-20-12(8)7-15-10-6-9(13(14)17)2-3-11(10)16(18)19/h2-6,15H,7H2,1H3,(H2,14,17). The third-order valence-electron chi connectivity index (χ3n) is 2.89. The summed E-state index contributed by atoms with van der Waals surface area (Å²) in [7, 11) is 0. The van der Waals surface area contributed by atoms with E-state index in [9.17, 15) is 14.9 Å². The summed E-state index contributed by atoms with van der Waals surface area (Å²) in [5.74, 6) is -0.616. The van der Waals surface area contributed by atoms with E-state index in [0.717, 1.165) is 10.4 Å². The number of anilines is 1. The number of hydrogen-bond donors (Lipinski definition) is 2. The van der Waals surface area contributed by atoms with E-state index in [-0.39, 0.29) is 11.3 Å². The van der Waals surface area contributed by atoms with Crippen molar-refractivity contribution in [3.63, 3.8) is 0 Å². The smallest absolute Gasteiger partial charge is 0.292 e. The molecule has 1 aromatic carbocycles. The summed E-state index contributed by atoms with van der Waals surface area (Å²) in [5, 5.41) is 15.9. The van der Waals surface area contributed by atoms with Gasteiger partial charge in [0.15, 0.2) is 0 Å². The average molecular weight is 291 g/mol. The fraction of sp³-hybridized carbons (Fsp3) is 0.154. The zero-order valence-corrected chi connectivity index (χ0v) is 11.6. The average Bonchev–Trinajstić information content (AvgIpc) is 2.81. The van der Waals surface area contributed by atoms with Crippen molar-refractivity contribution in [2.75, 3.05) is 5.32 Å². The van der Waals surface area contributed by atoms with Crippen LogP contribution in [0.4, 0.5) is 11.4 Å². The quantitative estimate of drug-likeness (QED) is 0.653. The molecule has 0 unspecified atom stereocenters. The molecule has 0 fully saturated rings. The maximum atomic E-state index is 11.1. The topological polar surface area (TPSA) is 98.3 Å². The molecule has 20 heavy (non-hydrogen) atoms. The number of carbonyl (C=O) groups excluding carboxylic acids is 1. The predicted octanol–water partition coefficient (Wildman–Crippen LogP) is 2.68. The number of nitro benzene ring substituents is 1. The van der Waals surface area contributed by atoms with E-state index >= 15 is 0 Å². The van der Waals surface area contributed by atoms with Crippen molar-refractivity contribution in [3.8, 4) is 0 Å². The highest BCUT2D eigenvalue weighted by Crippen LogP contribution is 2.27. The van der Waals surface area contributed by atoms with Gasteiger partial charge in [-0.05, 0) is 36.1 Å². The number of benzene rings is 1. The van der Waals surface area contributed by atoms with Gasteiger partial charge in [0.25, 0.3) is 5.69 Å². The molecule has 0 atom stereocenters. The van der Waals surface area contributed by atoms with Crippen molar-refractivity contribution < 1.29 is 9.72 Å². The number of rotatable bonds is 5. The molecule has 1 aromatic heterocycles. The first kappa shape index (κ1) is 14.0. The highest BCUT2D eigenvalue weighted by atomic mass is 32.1. The zero-order valence-electron chi connectivity index (χ0n) is 10.8. The fourth-order valence-corrected chi connectivity index (χ4v) is 2.60. The van der Waals surface area contributed by atoms with Crippen molar-refractivity contribution in [1.82, 2.24) is 0 Å². The van der Waals surface area contributed by atoms with Gasteiger partial charge in [-0.2, -0.15) is 0 Å². The van der Waals surface area contributed by atoms with Gasteiger partial charge in [-0.25, -0.2) is 0 Å². The molecule has 1 amide bonds. The van der Waals surface area contributed by atoms with Gasteiger partial charge in [0.2, 0.25) is 5.91 Å². The van der Waals surface area contributed by atoms with E-state index < -0.39 is 10.8 Å². The molecule has 0 radical (unpaired) electrons. The Morgan fingerprint density at radius 2 is 2.20 bits per heavy atom. The Hall–Kier alpha value is -2.41. The monoisotopic (exact) mass is 291 g/mol. The van der Waals surface area contributed by atoms with E-state index in [4.69, 9.17) is 5.73 Å². The number of nitrogens with zero attached hydrogens (tertiary/aromatic N) is 1. The highest BCUT2D eigenvalue weighted by Gasteiger charge is 2.16. The second-order valence-electron chi connectivity index (χ2n) is 4.23. The minimum atomic E-state index is -0.616. The van der Waals surface area contributed by atoms with Gasteiger partial charge in [0.05, 0.1) is 4.92 Å². The minimum Gasteiger partial charge on any atom is -0.375 e. The lowest BCUT2D eigenvalue weighted by Gasteiger charge is -2.08. The Balaban J connectivity index is 2.28. The van der Waals surface area contributed by atoms with Crippen molar-refractivity contribution in [2.45, 2.75) is 13.5 Å². The highest BCUT2D eigenvalue weighted by molar-refractivity contribution is 7.10. The first-order valence-electron chi connectivity index (χ1n) is 5.84. The molecule has 0 saturated heterocycles. The molecule has 3 N–H and O–H groups in total. The summed E-state index contributed by atoms with van der Waals surface area (Å²) in [6.07, 6.45) is 0. The molecule has 104 valence electrons. The van der Waals surface area contributed by atoms with E-state index in [2.05, 4.69) is 5.32 Å². The molecular formula is C13H13N3O3S. The molecular weight excluding hydrogens is 278 g/mol. The van der Waals surface area contributed by atoms with Gasteiger partial charge in [-0.15, -0.1) is 11.3 Å². The van der Waals surface area contributed by atoms with Crippen molar-refractivity contribution in [1.29, 1.82) is 0 Å². The SMILES string of the molecule is Cc1ccsc1CNc1cc(C(N)=O)ccc1[N+](=O)[O-]. The maximum Gasteiger partial charge on any atom is 0.292 e. The summed E-state index contributed by atoms with van der Waals surface area (Å²) >= 11 is 1.57. The Morgan fingerprint density at radius 3 is 2.75 bits per heavy atom. The summed E-state index contributed by atoms with van der Waals surface area (Å²) in [4.78, 5) is 22.7. The Morgan fingerprint density at radius 1 is 1.45 bits per heavy atom. The molecule has 0 saturated carbocycles. The molecule has 0 aliphatic rings. The largest absolute Gasteiger partial charge is 0.375 e. The number of carbonyl (C=O) groups is 1. The molecule has 0 bridgehead atoms. The van der Waals surface area contributed by atoms with Crippen LogP contribution in [-0.4, -0.2) is 10.8 Å². The number of hydrogen-bond acceptors (Lipinski definition) is 5.